The number of para-hydroxylation sites is 1. The lowest BCUT2D eigenvalue weighted by Crippen LogP contribution is -2.50. The summed E-state index contributed by atoms with van der Waals surface area (Å²) >= 11 is 0. The van der Waals surface area contributed by atoms with Gasteiger partial charge in [-0.25, -0.2) is 0 Å². The van der Waals surface area contributed by atoms with Gasteiger partial charge in [0.05, 0.1) is 6.04 Å². The Morgan fingerprint density at radius 2 is 1.15 bits per heavy atom. The van der Waals surface area contributed by atoms with Crippen molar-refractivity contribution < 1.29 is 9.53 Å². The molecular formula is C48H45N3O2. The smallest absolute Gasteiger partial charge is 0.223 e. The standard InChI is InChI=1S/C48H45N3O2/c52-47(49-28-30-50(31-29-49)48(39-20-9-3-10-21-39)40-22-11-4-12-23-40)33-44(41-24-15-25-42(32-41)53-36-38-18-7-2-8-19-38)45-35-51(34-37-16-5-1-6-17-37)46-27-14-13-26-43(45)46/h1-27,32,35,44,48H,28-31,33-34,36H2/t44-/m1/s1. The Morgan fingerprint density at radius 1 is 0.585 bits per heavy atom. The maximum Gasteiger partial charge on any atom is 0.223 e. The number of hydrogen-bond donors (Lipinski definition) is 0. The van der Waals surface area contributed by atoms with Gasteiger partial charge in [0.25, 0.3) is 0 Å². The van der Waals surface area contributed by atoms with Crippen molar-refractivity contribution >= 4 is 16.8 Å². The third kappa shape index (κ3) is 7.96. The van der Waals surface area contributed by atoms with Crippen molar-refractivity contribution in [2.24, 2.45) is 0 Å². The predicted molar refractivity (Wildman–Crippen MR) is 214 cm³/mol. The van der Waals surface area contributed by atoms with Crippen LogP contribution in [0.4, 0.5) is 0 Å². The topological polar surface area (TPSA) is 37.7 Å². The molecule has 6 aromatic carbocycles. The molecule has 8 rings (SSSR count). The second-order valence-electron chi connectivity index (χ2n) is 14.0. The number of fused-ring (bicyclic) bond motifs is 1. The van der Waals surface area contributed by atoms with Gasteiger partial charge < -0.3 is 14.2 Å². The molecule has 0 N–H and O–H groups in total. The zero-order valence-electron chi connectivity index (χ0n) is 30.0. The summed E-state index contributed by atoms with van der Waals surface area (Å²) < 4.78 is 8.65. The van der Waals surface area contributed by atoms with E-state index >= 15 is 0 Å². The van der Waals surface area contributed by atoms with E-state index in [0.29, 0.717) is 26.1 Å². The van der Waals surface area contributed by atoms with E-state index in [2.05, 4.69) is 166 Å². The Labute approximate surface area is 312 Å². The van der Waals surface area contributed by atoms with Gasteiger partial charge >= 0.3 is 0 Å². The number of nitrogens with zero attached hydrogens (tertiary/aromatic N) is 3. The molecule has 0 bridgehead atoms. The van der Waals surface area contributed by atoms with Crippen LogP contribution in [0.3, 0.4) is 0 Å². The largest absolute Gasteiger partial charge is 0.489 e. The van der Waals surface area contributed by atoms with E-state index in [4.69, 9.17) is 4.74 Å². The van der Waals surface area contributed by atoms with Crippen LogP contribution in [0, 0.1) is 0 Å². The fourth-order valence-corrected chi connectivity index (χ4v) is 7.85. The van der Waals surface area contributed by atoms with Crippen molar-refractivity contribution in [2.75, 3.05) is 26.2 Å². The zero-order valence-corrected chi connectivity index (χ0v) is 30.0. The monoisotopic (exact) mass is 695 g/mol. The summed E-state index contributed by atoms with van der Waals surface area (Å²) in [6.07, 6.45) is 2.65. The quantitative estimate of drug-likeness (QED) is 0.128. The maximum atomic E-state index is 14.5. The van der Waals surface area contributed by atoms with Crippen LogP contribution < -0.4 is 4.74 Å². The van der Waals surface area contributed by atoms with Crippen LogP contribution >= 0.6 is 0 Å². The van der Waals surface area contributed by atoms with Crippen molar-refractivity contribution in [3.8, 4) is 5.75 Å². The molecular weight excluding hydrogens is 651 g/mol. The molecule has 0 unspecified atom stereocenters. The summed E-state index contributed by atoms with van der Waals surface area (Å²) in [5.74, 6) is 0.837. The lowest BCUT2D eigenvalue weighted by Gasteiger charge is -2.40. The Kier molecular flexibility index (Phi) is 10.4. The number of hydrogen-bond acceptors (Lipinski definition) is 3. The maximum absolute atomic E-state index is 14.5. The van der Waals surface area contributed by atoms with Gasteiger partial charge in [-0.3, -0.25) is 9.69 Å². The Morgan fingerprint density at radius 3 is 1.81 bits per heavy atom. The van der Waals surface area contributed by atoms with E-state index in [0.717, 1.165) is 42.1 Å². The van der Waals surface area contributed by atoms with Crippen molar-refractivity contribution in [3.63, 3.8) is 0 Å². The molecule has 2 heterocycles. The molecule has 1 aliphatic rings. The van der Waals surface area contributed by atoms with Crippen LogP contribution in [0.5, 0.6) is 5.75 Å². The summed E-state index contributed by atoms with van der Waals surface area (Å²) in [7, 11) is 0. The number of piperazine rings is 1. The summed E-state index contributed by atoms with van der Waals surface area (Å²) in [6, 6.07) is 59.4. The minimum Gasteiger partial charge on any atom is -0.489 e. The van der Waals surface area contributed by atoms with Gasteiger partial charge in [-0.05, 0) is 51.6 Å². The first-order chi connectivity index (χ1) is 26.2. The molecule has 53 heavy (non-hydrogen) atoms. The van der Waals surface area contributed by atoms with Gasteiger partial charge in [-0.15, -0.1) is 0 Å². The first-order valence-electron chi connectivity index (χ1n) is 18.7. The highest BCUT2D eigenvalue weighted by molar-refractivity contribution is 5.87. The van der Waals surface area contributed by atoms with E-state index in [1.54, 1.807) is 0 Å². The van der Waals surface area contributed by atoms with Crippen molar-refractivity contribution in [3.05, 3.63) is 209 Å². The zero-order chi connectivity index (χ0) is 35.8. The van der Waals surface area contributed by atoms with Crippen LogP contribution in [-0.4, -0.2) is 46.5 Å². The average molecular weight is 696 g/mol. The SMILES string of the molecule is O=C(C[C@H](c1cccc(OCc2ccccc2)c1)c1cn(Cc2ccccc2)c2ccccc12)N1CCN(C(c2ccccc2)c2ccccc2)CC1. The van der Waals surface area contributed by atoms with Crippen LogP contribution in [0.1, 0.15) is 51.8 Å². The molecule has 1 aromatic heterocycles. The molecule has 0 aliphatic carbocycles. The number of carbonyl (C=O) groups is 1. The van der Waals surface area contributed by atoms with Gasteiger partial charge in [0.15, 0.2) is 0 Å². The third-order valence-corrected chi connectivity index (χ3v) is 10.5. The highest BCUT2D eigenvalue weighted by Gasteiger charge is 2.31. The first kappa shape index (κ1) is 34.2. The molecule has 1 amide bonds. The van der Waals surface area contributed by atoms with E-state index in [1.165, 1.54) is 27.6 Å². The predicted octanol–water partition coefficient (Wildman–Crippen LogP) is 9.72. The molecule has 264 valence electrons. The number of aromatic nitrogens is 1. The van der Waals surface area contributed by atoms with Crippen molar-refractivity contribution in [1.29, 1.82) is 0 Å². The number of amides is 1. The molecule has 1 fully saturated rings. The summed E-state index contributed by atoms with van der Waals surface area (Å²) in [5, 5.41) is 1.18. The van der Waals surface area contributed by atoms with E-state index < -0.39 is 0 Å². The van der Waals surface area contributed by atoms with Gasteiger partial charge in [0.2, 0.25) is 5.91 Å². The second-order valence-corrected chi connectivity index (χ2v) is 14.0. The van der Waals surface area contributed by atoms with Gasteiger partial charge in [-0.2, -0.15) is 0 Å². The molecule has 5 heteroatoms. The third-order valence-electron chi connectivity index (χ3n) is 10.5. The molecule has 1 atom stereocenters. The molecule has 0 radical (unpaired) electrons. The number of benzene rings is 6. The van der Waals surface area contributed by atoms with Crippen molar-refractivity contribution in [2.45, 2.75) is 31.5 Å². The summed E-state index contributed by atoms with van der Waals surface area (Å²) in [6.45, 7) is 4.25. The number of ether oxygens (including phenoxy) is 1. The fourth-order valence-electron chi connectivity index (χ4n) is 7.85. The van der Waals surface area contributed by atoms with Gasteiger partial charge in [-0.1, -0.05) is 152 Å². The highest BCUT2D eigenvalue weighted by atomic mass is 16.5. The Bertz CT molecular complexity index is 2190. The summed E-state index contributed by atoms with van der Waals surface area (Å²) in [5.41, 5.74) is 8.33. The second kappa shape index (κ2) is 16.2. The molecule has 7 aromatic rings. The Balaban J connectivity index is 1.07. The van der Waals surface area contributed by atoms with Crippen LogP contribution in [0.2, 0.25) is 0 Å². The van der Waals surface area contributed by atoms with Gasteiger partial charge in [0, 0.05) is 62.2 Å². The summed E-state index contributed by atoms with van der Waals surface area (Å²) in [4.78, 5) is 19.1. The molecule has 0 spiro atoms. The molecule has 0 saturated carbocycles. The van der Waals surface area contributed by atoms with Gasteiger partial charge in [0.1, 0.15) is 12.4 Å². The Hall–Kier alpha value is -5.91. The van der Waals surface area contributed by atoms with Crippen LogP contribution in [0.15, 0.2) is 176 Å². The van der Waals surface area contributed by atoms with Crippen LogP contribution in [-0.2, 0) is 17.9 Å². The average Bonchev–Trinajstić information content (AvgIpc) is 3.58. The molecule has 1 aliphatic heterocycles. The number of rotatable bonds is 12. The lowest BCUT2D eigenvalue weighted by molar-refractivity contribution is -0.133. The number of carbonyl (C=O) groups excluding carboxylic acids is 1. The van der Waals surface area contributed by atoms with E-state index in [1.807, 2.05) is 24.3 Å². The fraction of sp³-hybridized carbons (Fsp3) is 0.188. The molecule has 1 saturated heterocycles. The van der Waals surface area contributed by atoms with E-state index in [-0.39, 0.29) is 17.9 Å². The normalized spacial score (nSPS) is 14.0. The minimum absolute atomic E-state index is 0.149. The first-order valence-corrected chi connectivity index (χ1v) is 18.7. The van der Waals surface area contributed by atoms with Crippen molar-refractivity contribution in [1.82, 2.24) is 14.4 Å². The lowest BCUT2D eigenvalue weighted by atomic mass is 9.87. The highest BCUT2D eigenvalue weighted by Crippen LogP contribution is 2.37. The van der Waals surface area contributed by atoms with Crippen LogP contribution in [0.25, 0.3) is 10.9 Å². The molecule has 5 nitrogen and oxygen atoms in total. The van der Waals surface area contributed by atoms with E-state index in [9.17, 15) is 4.79 Å². The minimum atomic E-state index is -0.149.